The van der Waals surface area contributed by atoms with E-state index in [2.05, 4.69) is 5.32 Å². The van der Waals surface area contributed by atoms with Crippen molar-refractivity contribution in [3.05, 3.63) is 12.2 Å². The van der Waals surface area contributed by atoms with E-state index in [-0.39, 0.29) is 24.1 Å². The van der Waals surface area contributed by atoms with E-state index in [9.17, 15) is 24.3 Å². The summed E-state index contributed by atoms with van der Waals surface area (Å²) in [5.41, 5.74) is 0. The highest BCUT2D eigenvalue weighted by Gasteiger charge is 2.22. The molecule has 1 unspecified atom stereocenters. The fraction of sp³-hybridized carbons (Fsp3) is 0.667. The average molecular weight is 367 g/mol. The Morgan fingerprint density at radius 1 is 1.08 bits per heavy atom. The Balaban J connectivity index is 2.17. The number of carboxylic acid groups (broad SMARTS) is 1. The Labute approximate surface area is 154 Å². The minimum absolute atomic E-state index is 0.238. The standard InChI is InChI=1S/C18H29N3O5/c1-20(2)12-7-5-8-14(18(25)26)19-15(22)9-4-3-6-13-21-16(23)10-11-17(21)24/h10-11,14H,3-9,12-13H2,1-2H3,(H,19,22)(H,25,26). The minimum atomic E-state index is -1.01. The molecule has 0 aromatic heterocycles. The van der Waals surface area contributed by atoms with Crippen molar-refractivity contribution in [3.63, 3.8) is 0 Å². The first-order valence-corrected chi connectivity index (χ1v) is 9.01. The molecule has 1 aliphatic rings. The van der Waals surface area contributed by atoms with Gasteiger partial charge in [0.15, 0.2) is 0 Å². The Kier molecular flexibility index (Phi) is 9.57. The number of imide groups is 1. The predicted octanol–water partition coefficient (Wildman–Crippen LogP) is 0.773. The van der Waals surface area contributed by atoms with E-state index in [0.29, 0.717) is 32.2 Å². The van der Waals surface area contributed by atoms with Crippen molar-refractivity contribution in [2.75, 3.05) is 27.2 Å². The number of carboxylic acids is 1. The normalized spacial score (nSPS) is 15.0. The van der Waals surface area contributed by atoms with E-state index < -0.39 is 12.0 Å². The minimum Gasteiger partial charge on any atom is -0.480 e. The first-order chi connectivity index (χ1) is 12.3. The fourth-order valence-corrected chi connectivity index (χ4v) is 2.68. The first kappa shape index (κ1) is 21.8. The summed E-state index contributed by atoms with van der Waals surface area (Å²) in [6, 6.07) is -0.851. The molecule has 0 radical (unpaired) electrons. The maximum Gasteiger partial charge on any atom is 0.326 e. The molecule has 0 fully saturated rings. The molecule has 8 nitrogen and oxygen atoms in total. The van der Waals surface area contributed by atoms with Crippen LogP contribution in [0, 0.1) is 0 Å². The number of hydrogen-bond acceptors (Lipinski definition) is 5. The molecule has 3 amide bonds. The molecule has 1 atom stereocenters. The van der Waals surface area contributed by atoms with Crippen LogP contribution in [0.25, 0.3) is 0 Å². The molecule has 1 rings (SSSR count). The smallest absolute Gasteiger partial charge is 0.326 e. The summed E-state index contributed by atoms with van der Waals surface area (Å²) in [5, 5.41) is 11.8. The molecule has 8 heteroatoms. The van der Waals surface area contributed by atoms with Gasteiger partial charge in [-0.3, -0.25) is 19.3 Å². The maximum atomic E-state index is 11.9. The second-order valence-electron chi connectivity index (χ2n) is 6.73. The summed E-state index contributed by atoms with van der Waals surface area (Å²) < 4.78 is 0. The van der Waals surface area contributed by atoms with Crippen LogP contribution < -0.4 is 5.32 Å². The number of hydrogen-bond donors (Lipinski definition) is 2. The van der Waals surface area contributed by atoms with E-state index in [1.807, 2.05) is 19.0 Å². The van der Waals surface area contributed by atoms with Crippen LogP contribution >= 0.6 is 0 Å². The molecule has 146 valence electrons. The second kappa shape index (κ2) is 11.4. The number of carbonyl (C=O) groups is 4. The lowest BCUT2D eigenvalue weighted by Gasteiger charge is -2.16. The van der Waals surface area contributed by atoms with Crippen LogP contribution in [0.15, 0.2) is 12.2 Å². The molecule has 2 N–H and O–H groups in total. The molecule has 0 aromatic rings. The Bertz CT molecular complexity index is 527. The lowest BCUT2D eigenvalue weighted by atomic mass is 10.1. The summed E-state index contributed by atoms with van der Waals surface area (Å²) in [6.45, 7) is 1.23. The number of nitrogens with one attached hydrogen (secondary N) is 1. The summed E-state index contributed by atoms with van der Waals surface area (Å²) in [5.74, 6) is -1.89. The van der Waals surface area contributed by atoms with Gasteiger partial charge in [-0.15, -0.1) is 0 Å². The van der Waals surface area contributed by atoms with Gasteiger partial charge in [0, 0.05) is 25.1 Å². The molecule has 0 aliphatic carbocycles. The number of amides is 3. The largest absolute Gasteiger partial charge is 0.480 e. The first-order valence-electron chi connectivity index (χ1n) is 9.01. The number of aliphatic carboxylic acids is 1. The SMILES string of the molecule is CN(C)CCCCC(NC(=O)CCCCCN1C(=O)C=CC1=O)C(=O)O. The zero-order valence-electron chi connectivity index (χ0n) is 15.6. The highest BCUT2D eigenvalue weighted by atomic mass is 16.4. The van der Waals surface area contributed by atoms with Crippen molar-refractivity contribution in [1.82, 2.24) is 15.1 Å². The monoisotopic (exact) mass is 367 g/mol. The maximum absolute atomic E-state index is 11.9. The highest BCUT2D eigenvalue weighted by molar-refractivity contribution is 6.12. The van der Waals surface area contributed by atoms with E-state index in [1.165, 1.54) is 17.1 Å². The Morgan fingerprint density at radius 2 is 1.73 bits per heavy atom. The fourth-order valence-electron chi connectivity index (χ4n) is 2.68. The molecule has 0 aromatic carbocycles. The summed E-state index contributed by atoms with van der Waals surface area (Å²) in [7, 11) is 3.92. The van der Waals surface area contributed by atoms with Gasteiger partial charge in [0.05, 0.1) is 0 Å². The Morgan fingerprint density at radius 3 is 2.31 bits per heavy atom. The summed E-state index contributed by atoms with van der Waals surface area (Å²) in [4.78, 5) is 49.1. The van der Waals surface area contributed by atoms with E-state index in [0.717, 1.165) is 19.4 Å². The van der Waals surface area contributed by atoms with Gasteiger partial charge in [-0.1, -0.05) is 6.42 Å². The van der Waals surface area contributed by atoms with Crippen LogP contribution in [0.1, 0.15) is 44.9 Å². The van der Waals surface area contributed by atoms with Crippen molar-refractivity contribution in [3.8, 4) is 0 Å². The van der Waals surface area contributed by atoms with Crippen LogP contribution in [0.5, 0.6) is 0 Å². The van der Waals surface area contributed by atoms with Gasteiger partial charge in [-0.25, -0.2) is 4.79 Å². The summed E-state index contributed by atoms with van der Waals surface area (Å²) >= 11 is 0. The van der Waals surface area contributed by atoms with E-state index in [4.69, 9.17) is 0 Å². The number of rotatable bonds is 13. The quantitative estimate of drug-likeness (QED) is 0.368. The molecule has 1 heterocycles. The molecule has 1 aliphatic heterocycles. The lowest BCUT2D eigenvalue weighted by Crippen LogP contribution is -2.40. The number of carbonyl (C=O) groups excluding carboxylic acids is 3. The van der Waals surface area contributed by atoms with Crippen LogP contribution in [-0.4, -0.2) is 71.8 Å². The van der Waals surface area contributed by atoms with Gasteiger partial charge in [-0.05, 0) is 52.7 Å². The van der Waals surface area contributed by atoms with Crippen molar-refractivity contribution in [2.24, 2.45) is 0 Å². The van der Waals surface area contributed by atoms with Gasteiger partial charge in [0.1, 0.15) is 6.04 Å². The third-order valence-electron chi connectivity index (χ3n) is 4.17. The average Bonchev–Trinajstić information content (AvgIpc) is 2.88. The summed E-state index contributed by atoms with van der Waals surface area (Å²) in [6.07, 6.45) is 6.67. The molecule has 0 saturated carbocycles. The van der Waals surface area contributed by atoms with Gasteiger partial charge in [0.2, 0.25) is 5.91 Å². The van der Waals surface area contributed by atoms with Crippen LogP contribution in [0.2, 0.25) is 0 Å². The Hall–Kier alpha value is -2.22. The van der Waals surface area contributed by atoms with Crippen LogP contribution in [0.4, 0.5) is 0 Å². The molecular weight excluding hydrogens is 338 g/mol. The van der Waals surface area contributed by atoms with Gasteiger partial charge in [-0.2, -0.15) is 0 Å². The molecule has 0 bridgehead atoms. The number of unbranched alkanes of at least 4 members (excludes halogenated alkanes) is 3. The van der Waals surface area contributed by atoms with Crippen molar-refractivity contribution in [1.29, 1.82) is 0 Å². The molecule has 0 spiro atoms. The third kappa shape index (κ3) is 8.24. The number of nitrogens with zero attached hydrogens (tertiary/aromatic N) is 2. The van der Waals surface area contributed by atoms with Gasteiger partial charge < -0.3 is 15.3 Å². The third-order valence-corrected chi connectivity index (χ3v) is 4.17. The highest BCUT2D eigenvalue weighted by Crippen LogP contribution is 2.08. The topological polar surface area (TPSA) is 107 Å². The van der Waals surface area contributed by atoms with Crippen LogP contribution in [-0.2, 0) is 19.2 Å². The van der Waals surface area contributed by atoms with Crippen LogP contribution in [0.3, 0.4) is 0 Å². The van der Waals surface area contributed by atoms with E-state index >= 15 is 0 Å². The van der Waals surface area contributed by atoms with Crippen molar-refractivity contribution >= 4 is 23.7 Å². The predicted molar refractivity (Wildman–Crippen MR) is 96.3 cm³/mol. The molecule has 26 heavy (non-hydrogen) atoms. The second-order valence-corrected chi connectivity index (χ2v) is 6.73. The van der Waals surface area contributed by atoms with E-state index in [1.54, 1.807) is 0 Å². The lowest BCUT2D eigenvalue weighted by molar-refractivity contribution is -0.142. The molecular formula is C18H29N3O5. The zero-order valence-corrected chi connectivity index (χ0v) is 15.6. The van der Waals surface area contributed by atoms with Gasteiger partial charge in [0.25, 0.3) is 11.8 Å². The molecule has 0 saturated heterocycles. The van der Waals surface area contributed by atoms with Gasteiger partial charge >= 0.3 is 5.97 Å². The van der Waals surface area contributed by atoms with Crippen molar-refractivity contribution < 1.29 is 24.3 Å². The zero-order chi connectivity index (χ0) is 19.5. The van der Waals surface area contributed by atoms with Crippen molar-refractivity contribution in [2.45, 2.75) is 51.0 Å².